The van der Waals surface area contributed by atoms with Gasteiger partial charge in [0.2, 0.25) is 5.78 Å². The van der Waals surface area contributed by atoms with Gasteiger partial charge >= 0.3 is 0 Å². The molecule has 4 rings (SSSR count). The first-order chi connectivity index (χ1) is 10.8. The SMILES string of the molecule is O=C(c1ccccc1)c1ccc2ccc3cccnc3c2n1. The van der Waals surface area contributed by atoms with E-state index in [-0.39, 0.29) is 5.78 Å². The van der Waals surface area contributed by atoms with Gasteiger partial charge in [-0.3, -0.25) is 9.78 Å². The van der Waals surface area contributed by atoms with Crippen molar-refractivity contribution in [1.29, 1.82) is 0 Å². The van der Waals surface area contributed by atoms with Crippen LogP contribution in [-0.2, 0) is 0 Å². The van der Waals surface area contributed by atoms with Crippen molar-refractivity contribution >= 4 is 27.6 Å². The zero-order valence-electron chi connectivity index (χ0n) is 11.7. The zero-order chi connectivity index (χ0) is 14.9. The first-order valence-electron chi connectivity index (χ1n) is 7.07. The zero-order valence-corrected chi connectivity index (χ0v) is 11.7. The van der Waals surface area contributed by atoms with E-state index in [4.69, 9.17) is 0 Å². The Hall–Kier alpha value is -3.07. The minimum atomic E-state index is -0.0737. The van der Waals surface area contributed by atoms with Crippen LogP contribution in [0, 0.1) is 0 Å². The molecule has 0 saturated carbocycles. The van der Waals surface area contributed by atoms with Crippen molar-refractivity contribution in [3.8, 4) is 0 Å². The van der Waals surface area contributed by atoms with Crippen molar-refractivity contribution in [2.45, 2.75) is 0 Å². The summed E-state index contributed by atoms with van der Waals surface area (Å²) in [5, 5.41) is 2.00. The highest BCUT2D eigenvalue weighted by Gasteiger charge is 2.12. The van der Waals surface area contributed by atoms with Gasteiger partial charge in [0.05, 0.1) is 11.0 Å². The van der Waals surface area contributed by atoms with Gasteiger partial charge in [0, 0.05) is 22.5 Å². The molecule has 0 radical (unpaired) electrons. The number of carbonyl (C=O) groups excluding carboxylic acids is 1. The van der Waals surface area contributed by atoms with Crippen LogP contribution in [0.2, 0.25) is 0 Å². The van der Waals surface area contributed by atoms with E-state index in [1.54, 1.807) is 24.4 Å². The fraction of sp³-hybridized carbons (Fsp3) is 0. The molecule has 2 heterocycles. The van der Waals surface area contributed by atoms with Gasteiger partial charge in [0.1, 0.15) is 5.69 Å². The molecule has 0 N–H and O–H groups in total. The van der Waals surface area contributed by atoms with E-state index < -0.39 is 0 Å². The third-order valence-electron chi connectivity index (χ3n) is 3.70. The van der Waals surface area contributed by atoms with Crippen LogP contribution in [0.5, 0.6) is 0 Å². The van der Waals surface area contributed by atoms with Gasteiger partial charge in [-0.25, -0.2) is 4.98 Å². The maximum atomic E-state index is 12.5. The molecule has 4 aromatic rings. The smallest absolute Gasteiger partial charge is 0.211 e. The predicted molar refractivity (Wildman–Crippen MR) is 86.9 cm³/mol. The maximum Gasteiger partial charge on any atom is 0.211 e. The Balaban J connectivity index is 1.93. The Morgan fingerprint density at radius 3 is 2.27 bits per heavy atom. The number of hydrogen-bond acceptors (Lipinski definition) is 3. The standard InChI is InChI=1S/C19H12N2O/c22-19(15-5-2-1-3-6-15)16-11-10-14-9-8-13-7-4-12-20-17(13)18(14)21-16/h1-12H. The topological polar surface area (TPSA) is 42.9 Å². The lowest BCUT2D eigenvalue weighted by molar-refractivity contribution is 0.103. The molecule has 0 aliphatic rings. The number of nitrogens with zero attached hydrogens (tertiary/aromatic N) is 2. The highest BCUT2D eigenvalue weighted by Crippen LogP contribution is 2.22. The molecule has 0 atom stereocenters. The molecule has 0 aliphatic heterocycles. The Kier molecular flexibility index (Phi) is 2.90. The maximum absolute atomic E-state index is 12.5. The number of carbonyl (C=O) groups is 1. The Morgan fingerprint density at radius 2 is 1.45 bits per heavy atom. The summed E-state index contributed by atoms with van der Waals surface area (Å²) in [6.07, 6.45) is 1.75. The van der Waals surface area contributed by atoms with Gasteiger partial charge in [0.15, 0.2) is 0 Å². The Labute approximate surface area is 127 Å². The summed E-state index contributed by atoms with van der Waals surface area (Å²) in [5.41, 5.74) is 2.67. The Morgan fingerprint density at radius 1 is 0.727 bits per heavy atom. The second kappa shape index (κ2) is 5.04. The largest absolute Gasteiger partial charge is 0.287 e. The minimum absolute atomic E-state index is 0.0737. The molecule has 3 heteroatoms. The number of hydrogen-bond donors (Lipinski definition) is 0. The van der Waals surface area contributed by atoms with E-state index in [0.29, 0.717) is 11.3 Å². The number of rotatable bonds is 2. The van der Waals surface area contributed by atoms with Crippen LogP contribution in [0.25, 0.3) is 21.8 Å². The first-order valence-corrected chi connectivity index (χ1v) is 7.07. The number of ketones is 1. The van der Waals surface area contributed by atoms with Gasteiger partial charge in [-0.1, -0.05) is 54.6 Å². The molecule has 3 nitrogen and oxygen atoms in total. The van der Waals surface area contributed by atoms with E-state index >= 15 is 0 Å². The molecule has 104 valence electrons. The first kappa shape index (κ1) is 12.7. The van der Waals surface area contributed by atoms with Crippen LogP contribution in [0.3, 0.4) is 0 Å². The summed E-state index contributed by atoms with van der Waals surface area (Å²) in [5.74, 6) is -0.0737. The number of benzene rings is 2. The van der Waals surface area contributed by atoms with Crippen LogP contribution < -0.4 is 0 Å². The predicted octanol–water partition coefficient (Wildman–Crippen LogP) is 4.01. The average molecular weight is 284 g/mol. The van der Waals surface area contributed by atoms with Crippen molar-refractivity contribution in [1.82, 2.24) is 9.97 Å². The highest BCUT2D eigenvalue weighted by molar-refractivity contribution is 6.10. The minimum Gasteiger partial charge on any atom is -0.287 e. The van der Waals surface area contributed by atoms with Gasteiger partial charge < -0.3 is 0 Å². The molecular formula is C19H12N2O. The molecular weight excluding hydrogens is 272 g/mol. The molecule has 0 fully saturated rings. The molecule has 0 aliphatic carbocycles. The van der Waals surface area contributed by atoms with Crippen molar-refractivity contribution in [2.75, 3.05) is 0 Å². The number of aromatic nitrogens is 2. The van der Waals surface area contributed by atoms with Crippen LogP contribution in [0.15, 0.2) is 72.9 Å². The summed E-state index contributed by atoms with van der Waals surface area (Å²) in [7, 11) is 0. The lowest BCUT2D eigenvalue weighted by Gasteiger charge is -2.05. The van der Waals surface area contributed by atoms with Crippen molar-refractivity contribution in [2.24, 2.45) is 0 Å². The number of pyridine rings is 2. The lowest BCUT2D eigenvalue weighted by atomic mass is 10.1. The summed E-state index contributed by atoms with van der Waals surface area (Å²) >= 11 is 0. The summed E-state index contributed by atoms with van der Waals surface area (Å²) in [4.78, 5) is 21.5. The van der Waals surface area contributed by atoms with E-state index in [0.717, 1.165) is 21.8 Å². The summed E-state index contributed by atoms with van der Waals surface area (Å²) < 4.78 is 0. The normalized spacial score (nSPS) is 10.9. The van der Waals surface area contributed by atoms with Gasteiger partial charge in [0.25, 0.3) is 0 Å². The van der Waals surface area contributed by atoms with E-state index in [9.17, 15) is 4.79 Å². The molecule has 0 unspecified atom stereocenters. The second-order valence-corrected chi connectivity index (χ2v) is 5.10. The molecule has 2 aromatic carbocycles. The molecule has 22 heavy (non-hydrogen) atoms. The van der Waals surface area contributed by atoms with Gasteiger partial charge in [-0.15, -0.1) is 0 Å². The van der Waals surface area contributed by atoms with E-state index in [1.165, 1.54) is 0 Å². The van der Waals surface area contributed by atoms with Crippen LogP contribution in [0.1, 0.15) is 16.1 Å². The fourth-order valence-electron chi connectivity index (χ4n) is 2.59. The fourth-order valence-corrected chi connectivity index (χ4v) is 2.59. The molecule has 0 amide bonds. The summed E-state index contributed by atoms with van der Waals surface area (Å²) in [6, 6.07) is 20.8. The van der Waals surface area contributed by atoms with E-state index in [1.807, 2.05) is 48.5 Å². The van der Waals surface area contributed by atoms with Crippen molar-refractivity contribution in [3.05, 3.63) is 84.2 Å². The van der Waals surface area contributed by atoms with Crippen LogP contribution in [0.4, 0.5) is 0 Å². The van der Waals surface area contributed by atoms with Crippen molar-refractivity contribution in [3.63, 3.8) is 0 Å². The van der Waals surface area contributed by atoms with Gasteiger partial charge in [-0.05, 0) is 12.1 Å². The molecule has 2 aromatic heterocycles. The van der Waals surface area contributed by atoms with Crippen LogP contribution in [-0.4, -0.2) is 15.8 Å². The molecule has 0 saturated heterocycles. The van der Waals surface area contributed by atoms with Crippen LogP contribution >= 0.6 is 0 Å². The van der Waals surface area contributed by atoms with Crippen molar-refractivity contribution < 1.29 is 4.79 Å². The molecule has 0 bridgehead atoms. The monoisotopic (exact) mass is 284 g/mol. The quantitative estimate of drug-likeness (QED) is 0.412. The molecule has 0 spiro atoms. The number of fused-ring (bicyclic) bond motifs is 3. The lowest BCUT2D eigenvalue weighted by Crippen LogP contribution is -2.04. The van der Waals surface area contributed by atoms with Gasteiger partial charge in [-0.2, -0.15) is 0 Å². The Bertz CT molecular complexity index is 994. The third kappa shape index (κ3) is 2.04. The highest BCUT2D eigenvalue weighted by atomic mass is 16.1. The second-order valence-electron chi connectivity index (χ2n) is 5.10. The summed E-state index contributed by atoms with van der Waals surface area (Å²) in [6.45, 7) is 0. The third-order valence-corrected chi connectivity index (χ3v) is 3.70. The van der Waals surface area contributed by atoms with E-state index in [2.05, 4.69) is 9.97 Å². The average Bonchev–Trinajstić information content (AvgIpc) is 2.61.